The van der Waals surface area contributed by atoms with E-state index >= 15 is 0 Å². The molecule has 0 bridgehead atoms. The van der Waals surface area contributed by atoms with E-state index in [-0.39, 0.29) is 30.9 Å². The van der Waals surface area contributed by atoms with E-state index in [1.807, 2.05) is 0 Å². The fourth-order valence-electron chi connectivity index (χ4n) is 2.07. The molecule has 1 atom stereocenters. The molecule has 0 aliphatic rings. The van der Waals surface area contributed by atoms with Crippen molar-refractivity contribution >= 4 is 34.8 Å². The fraction of sp³-hybridized carbons (Fsp3) is 0.353. The van der Waals surface area contributed by atoms with Gasteiger partial charge < -0.3 is 14.8 Å². The number of hydrogen-bond acceptors (Lipinski definition) is 6. The van der Waals surface area contributed by atoms with Crippen LogP contribution in [-0.2, 0) is 16.1 Å². The van der Waals surface area contributed by atoms with Crippen LogP contribution in [0, 0.1) is 6.92 Å². The molecule has 0 saturated heterocycles. The van der Waals surface area contributed by atoms with Crippen LogP contribution in [0.4, 0.5) is 0 Å². The highest BCUT2D eigenvalue weighted by atomic mass is 35.5. The molecule has 6 nitrogen and oxygen atoms in total. The molecule has 25 heavy (non-hydrogen) atoms. The number of nitrogens with zero attached hydrogens (tertiary/aromatic N) is 1. The third kappa shape index (κ3) is 5.72. The van der Waals surface area contributed by atoms with Crippen LogP contribution in [0.1, 0.15) is 33.7 Å². The van der Waals surface area contributed by atoms with Gasteiger partial charge in [-0.25, -0.2) is 4.98 Å². The van der Waals surface area contributed by atoms with Gasteiger partial charge in [-0.15, -0.1) is 11.3 Å². The Balaban J connectivity index is 1.95. The van der Waals surface area contributed by atoms with Crippen molar-refractivity contribution in [1.29, 1.82) is 0 Å². The van der Waals surface area contributed by atoms with Crippen LogP contribution in [0.5, 0.6) is 5.75 Å². The number of carbonyl (C=O) groups excluding carboxylic acids is 2. The molecule has 1 heterocycles. The molecule has 0 aliphatic carbocycles. The third-order valence-corrected chi connectivity index (χ3v) is 4.68. The first-order valence-corrected chi connectivity index (χ1v) is 8.81. The second-order valence-corrected chi connectivity index (χ2v) is 6.94. The maximum absolute atomic E-state index is 12.3. The number of aromatic nitrogens is 1. The lowest BCUT2D eigenvalue weighted by molar-refractivity contribution is -0.141. The van der Waals surface area contributed by atoms with Crippen LogP contribution in [-0.4, -0.2) is 30.0 Å². The van der Waals surface area contributed by atoms with E-state index in [1.165, 1.54) is 18.4 Å². The molecule has 1 aromatic heterocycles. The molecule has 1 amide bonds. The summed E-state index contributed by atoms with van der Waals surface area (Å²) in [5.74, 6) is 0.0463. The van der Waals surface area contributed by atoms with Crippen LogP contribution in [0.2, 0.25) is 5.02 Å². The summed E-state index contributed by atoms with van der Waals surface area (Å²) in [6.45, 7) is 3.77. The van der Waals surface area contributed by atoms with Gasteiger partial charge in [-0.3, -0.25) is 9.59 Å². The molecular formula is C17H19ClN2O4S. The molecule has 0 radical (unpaired) electrons. The number of methoxy groups -OCH3 is 1. The maximum Gasteiger partial charge on any atom is 0.307 e. The molecule has 0 spiro atoms. The van der Waals surface area contributed by atoms with Gasteiger partial charge >= 0.3 is 5.97 Å². The minimum atomic E-state index is -0.370. The number of aryl methyl sites for hydroxylation is 1. The zero-order valence-corrected chi connectivity index (χ0v) is 15.7. The van der Waals surface area contributed by atoms with E-state index in [0.717, 1.165) is 0 Å². The van der Waals surface area contributed by atoms with E-state index in [1.54, 1.807) is 38.1 Å². The number of nitrogens with one attached hydrogen (secondary N) is 1. The predicted molar refractivity (Wildman–Crippen MR) is 96.2 cm³/mol. The summed E-state index contributed by atoms with van der Waals surface area (Å²) in [6.07, 6.45) is 0.118. The van der Waals surface area contributed by atoms with Crippen LogP contribution in [0.3, 0.4) is 0 Å². The first-order valence-electron chi connectivity index (χ1n) is 7.61. The second-order valence-electron chi connectivity index (χ2n) is 5.42. The van der Waals surface area contributed by atoms with Gasteiger partial charge in [-0.05, 0) is 38.1 Å². The number of esters is 1. The Morgan fingerprint density at radius 3 is 2.64 bits per heavy atom. The number of thiazole rings is 1. The highest BCUT2D eigenvalue weighted by molar-refractivity contribution is 7.13. The molecule has 1 unspecified atom stereocenters. The number of hydrogen-bond donors (Lipinski definition) is 1. The molecule has 0 fully saturated rings. The van der Waals surface area contributed by atoms with E-state index in [9.17, 15) is 9.59 Å². The van der Waals surface area contributed by atoms with Gasteiger partial charge in [-0.2, -0.15) is 0 Å². The number of amides is 1. The van der Waals surface area contributed by atoms with Gasteiger partial charge in [0, 0.05) is 11.1 Å². The van der Waals surface area contributed by atoms with Gasteiger partial charge in [0.25, 0.3) is 5.91 Å². The smallest absolute Gasteiger partial charge is 0.307 e. The second kappa shape index (κ2) is 8.82. The largest absolute Gasteiger partial charge is 0.486 e. The van der Waals surface area contributed by atoms with Crippen molar-refractivity contribution in [1.82, 2.24) is 10.3 Å². The molecule has 1 N–H and O–H groups in total. The standard InChI is InChI=1S/C17H19ClN2O4S/c1-10(8-15(21)23-3)19-17(22)16-11(2)20-14(25-16)9-24-13-6-4-12(18)5-7-13/h4-7,10H,8-9H2,1-3H3,(H,19,22). The quantitative estimate of drug-likeness (QED) is 0.743. The first kappa shape index (κ1) is 19.2. The zero-order valence-electron chi connectivity index (χ0n) is 14.2. The average molecular weight is 383 g/mol. The fourth-order valence-corrected chi connectivity index (χ4v) is 3.08. The molecule has 0 aliphatic heterocycles. The summed E-state index contributed by atoms with van der Waals surface area (Å²) in [4.78, 5) is 28.4. The topological polar surface area (TPSA) is 77.5 Å². The predicted octanol–water partition coefficient (Wildman–Crippen LogP) is 3.37. The normalized spacial score (nSPS) is 11.7. The van der Waals surface area contributed by atoms with Crippen LogP contribution in [0.15, 0.2) is 24.3 Å². The molecule has 0 saturated carbocycles. The van der Waals surface area contributed by atoms with Crippen molar-refractivity contribution in [3.8, 4) is 5.75 Å². The summed E-state index contributed by atoms with van der Waals surface area (Å²) >= 11 is 7.10. The summed E-state index contributed by atoms with van der Waals surface area (Å²) < 4.78 is 10.2. The van der Waals surface area contributed by atoms with E-state index < -0.39 is 0 Å². The Hall–Kier alpha value is -2.12. The number of carbonyl (C=O) groups is 2. The highest BCUT2D eigenvalue weighted by Gasteiger charge is 2.19. The Labute approximate surface area is 155 Å². The van der Waals surface area contributed by atoms with Crippen molar-refractivity contribution < 1.29 is 19.1 Å². The van der Waals surface area contributed by atoms with Crippen molar-refractivity contribution in [2.24, 2.45) is 0 Å². The lowest BCUT2D eigenvalue weighted by Crippen LogP contribution is -2.34. The maximum atomic E-state index is 12.3. The summed E-state index contributed by atoms with van der Waals surface area (Å²) in [5, 5.41) is 4.10. The Kier molecular flexibility index (Phi) is 6.78. The van der Waals surface area contributed by atoms with E-state index in [2.05, 4.69) is 15.0 Å². The van der Waals surface area contributed by atoms with Crippen molar-refractivity contribution in [3.63, 3.8) is 0 Å². The van der Waals surface area contributed by atoms with Crippen molar-refractivity contribution in [2.45, 2.75) is 32.9 Å². The van der Waals surface area contributed by atoms with Crippen molar-refractivity contribution in [2.75, 3.05) is 7.11 Å². The molecule has 1 aromatic carbocycles. The summed E-state index contributed by atoms with van der Waals surface area (Å²) in [5.41, 5.74) is 0.627. The van der Waals surface area contributed by atoms with Crippen LogP contribution >= 0.6 is 22.9 Å². The SMILES string of the molecule is COC(=O)CC(C)NC(=O)c1sc(COc2ccc(Cl)cc2)nc1C. The minimum Gasteiger partial charge on any atom is -0.486 e. The summed E-state index contributed by atoms with van der Waals surface area (Å²) in [6, 6.07) is 6.70. The molecule has 2 aromatic rings. The molecular weight excluding hydrogens is 364 g/mol. The van der Waals surface area contributed by atoms with E-state index in [0.29, 0.717) is 26.4 Å². The van der Waals surface area contributed by atoms with Gasteiger partial charge in [-0.1, -0.05) is 11.6 Å². The molecule has 8 heteroatoms. The third-order valence-electron chi connectivity index (χ3n) is 3.30. The Morgan fingerprint density at radius 2 is 2.00 bits per heavy atom. The van der Waals surface area contributed by atoms with Crippen LogP contribution in [0.25, 0.3) is 0 Å². The van der Waals surface area contributed by atoms with Crippen molar-refractivity contribution in [3.05, 3.63) is 44.9 Å². The number of benzene rings is 1. The number of rotatable bonds is 7. The van der Waals surface area contributed by atoms with E-state index in [4.69, 9.17) is 16.3 Å². The monoisotopic (exact) mass is 382 g/mol. The lowest BCUT2D eigenvalue weighted by atomic mass is 10.2. The number of halogens is 1. The highest BCUT2D eigenvalue weighted by Crippen LogP contribution is 2.21. The Bertz CT molecular complexity index is 746. The number of ether oxygens (including phenoxy) is 2. The van der Waals surface area contributed by atoms with Crippen LogP contribution < -0.4 is 10.1 Å². The van der Waals surface area contributed by atoms with Gasteiger partial charge in [0.15, 0.2) is 0 Å². The Morgan fingerprint density at radius 1 is 1.32 bits per heavy atom. The minimum absolute atomic E-state index is 0.118. The average Bonchev–Trinajstić information content (AvgIpc) is 2.95. The van der Waals surface area contributed by atoms with Gasteiger partial charge in [0.1, 0.15) is 22.2 Å². The zero-order chi connectivity index (χ0) is 18.4. The first-order chi connectivity index (χ1) is 11.9. The van der Waals surface area contributed by atoms with Gasteiger partial charge in [0.05, 0.1) is 19.2 Å². The lowest BCUT2D eigenvalue weighted by Gasteiger charge is -2.11. The summed E-state index contributed by atoms with van der Waals surface area (Å²) in [7, 11) is 1.32. The van der Waals surface area contributed by atoms with Gasteiger partial charge in [0.2, 0.25) is 0 Å². The molecule has 134 valence electrons. The molecule has 2 rings (SSSR count).